The van der Waals surface area contributed by atoms with Crippen LogP contribution in [-0.2, 0) is 4.74 Å². The van der Waals surface area contributed by atoms with Crippen LogP contribution in [0.25, 0.3) is 21.4 Å². The minimum absolute atomic E-state index is 0. The van der Waals surface area contributed by atoms with Gasteiger partial charge < -0.3 is 41.5 Å². The van der Waals surface area contributed by atoms with Crippen molar-refractivity contribution in [2.75, 3.05) is 32.8 Å². The number of nitrogens with two attached hydrogens (primary N) is 1. The van der Waals surface area contributed by atoms with Crippen molar-refractivity contribution in [1.29, 1.82) is 0 Å². The molecular weight excluding hydrogens is 647 g/mol. The van der Waals surface area contributed by atoms with Crippen LogP contribution in [0, 0.1) is 0 Å². The molecule has 0 aliphatic carbocycles. The molecule has 15 heteroatoms. The number of carbonyl (C=O) groups excluding carboxylic acids is 1. The van der Waals surface area contributed by atoms with Crippen molar-refractivity contribution >= 4 is 41.2 Å². The van der Waals surface area contributed by atoms with Crippen LogP contribution in [0.15, 0.2) is 44.1 Å². The first-order valence-electron chi connectivity index (χ1n) is 14.4. The van der Waals surface area contributed by atoms with E-state index in [1.54, 1.807) is 34.5 Å². The fourth-order valence-corrected chi connectivity index (χ4v) is 5.92. The van der Waals surface area contributed by atoms with Gasteiger partial charge in [0.25, 0.3) is 0 Å². The molecule has 244 valence electrons. The molecule has 1 amide bonds. The molecule has 3 N–H and O–H groups in total. The highest BCUT2D eigenvalue weighted by Gasteiger charge is 2.30. The summed E-state index contributed by atoms with van der Waals surface area (Å²) in [5, 5.41) is 22.0. The molecule has 2 fully saturated rings. The van der Waals surface area contributed by atoms with Crippen molar-refractivity contribution in [2.45, 2.75) is 70.8 Å². The number of hydrogen-bond donors (Lipinski definition) is 2. The van der Waals surface area contributed by atoms with Crippen LogP contribution >= 0.6 is 35.1 Å². The van der Waals surface area contributed by atoms with Gasteiger partial charge in [0.05, 0.1) is 22.8 Å². The van der Waals surface area contributed by atoms with E-state index in [9.17, 15) is 4.79 Å². The average Bonchev–Trinajstić information content (AvgIpc) is 3.81. The molecule has 0 radical (unpaired) electrons. The second-order valence-electron chi connectivity index (χ2n) is 11.1. The third kappa shape index (κ3) is 11.1. The summed E-state index contributed by atoms with van der Waals surface area (Å²) >= 11 is 3.24. The molecule has 0 unspecified atom stereocenters. The predicted octanol–water partition coefficient (Wildman–Crippen LogP) is 2.58. The summed E-state index contributed by atoms with van der Waals surface area (Å²) in [5.74, 6) is 3.53. The Bertz CT molecular complexity index is 1330. The highest BCUT2D eigenvalue weighted by molar-refractivity contribution is 7.13. The summed E-state index contributed by atoms with van der Waals surface area (Å²) in [5.41, 5.74) is -0.462. The molecule has 6 rings (SSSR count). The number of hydrogen-bond acceptors (Lipinski definition) is 11. The molecule has 2 saturated heterocycles. The Morgan fingerprint density at radius 2 is 1.41 bits per heavy atom. The summed E-state index contributed by atoms with van der Waals surface area (Å²) in [6.45, 7) is 11.2. The van der Waals surface area contributed by atoms with Crippen molar-refractivity contribution < 1.29 is 41.4 Å². The van der Waals surface area contributed by atoms with Gasteiger partial charge in [-0.15, -0.1) is 35.1 Å². The van der Waals surface area contributed by atoms with Gasteiger partial charge >= 0.3 is 6.09 Å². The molecule has 2 aliphatic heterocycles. The van der Waals surface area contributed by atoms with Crippen LogP contribution in [0.5, 0.6) is 0 Å². The van der Waals surface area contributed by atoms with Crippen molar-refractivity contribution in [3.8, 4) is 21.4 Å². The molecule has 11 nitrogen and oxygen atoms in total. The quantitative estimate of drug-likeness (QED) is 0.331. The number of rotatable bonds is 4. The Morgan fingerprint density at radius 3 is 1.82 bits per heavy atom. The van der Waals surface area contributed by atoms with Gasteiger partial charge in [0.1, 0.15) is 5.60 Å². The minimum Gasteiger partial charge on any atom is -1.00 e. The number of likely N-dealkylation sites (tertiary alicyclic amines) is 1. The van der Waals surface area contributed by atoms with Crippen LogP contribution in [0.1, 0.15) is 77.0 Å². The number of quaternary nitrogens is 1. The Hall–Kier alpha value is -2.55. The van der Waals surface area contributed by atoms with Crippen LogP contribution in [0.2, 0.25) is 0 Å². The molecule has 4 aromatic rings. The van der Waals surface area contributed by atoms with E-state index >= 15 is 0 Å². The lowest BCUT2D eigenvalue weighted by Gasteiger charge is -2.32. The summed E-state index contributed by atoms with van der Waals surface area (Å²) in [6, 6.07) is 7.97. The van der Waals surface area contributed by atoms with Gasteiger partial charge in [-0.3, -0.25) is 0 Å². The number of amides is 1. The Morgan fingerprint density at radius 1 is 0.955 bits per heavy atom. The van der Waals surface area contributed by atoms with Crippen LogP contribution in [0.4, 0.5) is 4.79 Å². The highest BCUT2D eigenvalue weighted by atomic mass is 35.5. The number of aromatic nitrogens is 4. The number of aliphatic hydroxyl groups is 1. The summed E-state index contributed by atoms with van der Waals surface area (Å²) in [6.07, 6.45) is 3.66. The zero-order valence-corrected chi connectivity index (χ0v) is 28.7. The zero-order valence-electron chi connectivity index (χ0n) is 25.5. The smallest absolute Gasteiger partial charge is 0.410 e. The average molecular weight is 690 g/mol. The number of aliphatic hydroxyl groups excluding tert-OH is 1. The standard InChI is InChI=1S/C16H21N3O3S.C11H13N3OS.C2H6O.2ClH/c1-16(2,3)21-15(20)19-8-6-11(7-9-19)14-17-13(18-22-14)12-5-4-10-23-12;1-2-9(16-7-1)10-13-11(15-14-10)8-3-5-12-6-4-8;1-2-3;;/h4-5,10-11H,6-9H2,1-3H3;1-2,7-8,12H,3-6H2;3H,2H2,1H3;2*1H. The normalized spacial score (nSPS) is 15.5. The highest BCUT2D eigenvalue weighted by Crippen LogP contribution is 2.30. The van der Waals surface area contributed by atoms with Gasteiger partial charge in [-0.25, -0.2) is 4.79 Å². The molecule has 2 aliphatic rings. The van der Waals surface area contributed by atoms with Crippen molar-refractivity contribution in [3.63, 3.8) is 0 Å². The van der Waals surface area contributed by atoms with Gasteiger partial charge in [0.2, 0.25) is 23.4 Å². The third-order valence-corrected chi connectivity index (χ3v) is 8.38. The predicted molar refractivity (Wildman–Crippen MR) is 169 cm³/mol. The van der Waals surface area contributed by atoms with Crippen molar-refractivity contribution in [1.82, 2.24) is 25.2 Å². The summed E-state index contributed by atoms with van der Waals surface area (Å²) < 4.78 is 16.2. The van der Waals surface area contributed by atoms with E-state index in [2.05, 4.69) is 25.6 Å². The molecule has 0 bridgehead atoms. The molecule has 4 aromatic heterocycles. The molecule has 6 heterocycles. The molecule has 44 heavy (non-hydrogen) atoms. The minimum atomic E-state index is -0.462. The first-order chi connectivity index (χ1) is 20.3. The Labute approximate surface area is 278 Å². The number of halogens is 2. The summed E-state index contributed by atoms with van der Waals surface area (Å²) in [7, 11) is 0. The van der Waals surface area contributed by atoms with Gasteiger partial charge in [-0.05, 0) is 63.4 Å². The van der Waals surface area contributed by atoms with Crippen LogP contribution in [0.3, 0.4) is 0 Å². The lowest BCUT2D eigenvalue weighted by Crippen LogP contribution is -3.00. The lowest BCUT2D eigenvalue weighted by atomic mass is 9.97. The topological polar surface area (TPSA) is 144 Å². The van der Waals surface area contributed by atoms with Crippen molar-refractivity contribution in [2.24, 2.45) is 0 Å². The Balaban J connectivity index is 0.000000282. The second kappa shape index (κ2) is 18.4. The summed E-state index contributed by atoms with van der Waals surface area (Å²) in [4.78, 5) is 24.9. The molecule has 0 spiro atoms. The zero-order chi connectivity index (χ0) is 30.0. The maximum atomic E-state index is 12.1. The number of piperidine rings is 2. The maximum Gasteiger partial charge on any atom is 0.410 e. The van der Waals surface area contributed by atoms with Gasteiger partial charge in [0.15, 0.2) is 0 Å². The van der Waals surface area contributed by atoms with E-state index in [1.165, 1.54) is 13.1 Å². The first kappa shape index (κ1) is 37.6. The van der Waals surface area contributed by atoms with Gasteiger partial charge in [-0.1, -0.05) is 22.4 Å². The number of carbonyl (C=O) groups is 1. The third-order valence-electron chi connectivity index (χ3n) is 6.65. The fourth-order valence-electron chi connectivity index (χ4n) is 4.62. The molecule has 0 aromatic carbocycles. The van der Waals surface area contributed by atoms with E-state index in [0.29, 0.717) is 30.7 Å². The van der Waals surface area contributed by atoms with E-state index in [1.807, 2.05) is 55.8 Å². The fraction of sp³-hybridized carbons (Fsp3) is 0.552. The van der Waals surface area contributed by atoms with Gasteiger partial charge in [-0.2, -0.15) is 9.97 Å². The number of ether oxygens (including phenoxy) is 1. The van der Waals surface area contributed by atoms with E-state index in [-0.39, 0.29) is 43.4 Å². The second-order valence-corrected chi connectivity index (χ2v) is 13.0. The molecule has 0 atom stereocenters. The van der Waals surface area contributed by atoms with Crippen LogP contribution < -0.4 is 17.7 Å². The largest absolute Gasteiger partial charge is 1.00 e. The van der Waals surface area contributed by atoms with Crippen molar-refractivity contribution in [3.05, 3.63) is 46.8 Å². The SMILES string of the molecule is CC(C)(C)OC(=O)N1CCC(c2nc(-c3cccs3)no2)CC1.CCO.Cl.[Cl-].c1csc(-c2noc(C3CC[NH2+]CC3)n2)c1. The maximum absolute atomic E-state index is 12.1. The number of thiophene rings is 2. The monoisotopic (exact) mass is 688 g/mol. The Kier molecular flexibility index (Phi) is 15.8. The van der Waals surface area contributed by atoms with Crippen LogP contribution in [-0.4, -0.2) is 74.8 Å². The number of nitrogens with zero attached hydrogens (tertiary/aromatic N) is 5. The van der Waals surface area contributed by atoms with Gasteiger partial charge in [0, 0.05) is 44.4 Å². The van der Waals surface area contributed by atoms with E-state index in [4.69, 9.17) is 18.9 Å². The first-order valence-corrected chi connectivity index (χ1v) is 16.2. The van der Waals surface area contributed by atoms with E-state index < -0.39 is 5.60 Å². The lowest BCUT2D eigenvalue weighted by molar-refractivity contribution is -0.663. The van der Waals surface area contributed by atoms with E-state index in [0.717, 1.165) is 47.2 Å². The molecule has 0 saturated carbocycles. The molecular formula is C29H42Cl2N6O5S2.